The van der Waals surface area contributed by atoms with Crippen molar-refractivity contribution in [3.8, 4) is 0 Å². The Bertz CT molecular complexity index is 564. The minimum Gasteiger partial charge on any atom is -0.469 e. The van der Waals surface area contributed by atoms with Crippen molar-refractivity contribution in [2.24, 2.45) is 5.92 Å². The Labute approximate surface area is 143 Å². The standard InChI is InChI=1S/C17H22ClNO2.ClH/c1-10-8-11(4-6-14(10)18)13-9-12-5-7-15(19(12)2)16(13)17(20)21-3;/h4,6,8,12-13,15-16H,5,7,9H2,1-3H3;1H. The molecule has 0 N–H and O–H groups in total. The molecule has 0 radical (unpaired) electrons. The molecule has 1 aromatic carbocycles. The number of rotatable bonds is 2. The summed E-state index contributed by atoms with van der Waals surface area (Å²) in [7, 11) is 3.63. The summed E-state index contributed by atoms with van der Waals surface area (Å²) in [6, 6.07) is 7.03. The van der Waals surface area contributed by atoms with Crippen LogP contribution in [-0.4, -0.2) is 37.1 Å². The summed E-state index contributed by atoms with van der Waals surface area (Å²) < 4.78 is 5.10. The van der Waals surface area contributed by atoms with Crippen LogP contribution in [-0.2, 0) is 9.53 Å². The molecular weight excluding hydrogens is 321 g/mol. The molecule has 0 aliphatic carbocycles. The monoisotopic (exact) mass is 343 g/mol. The first-order valence-corrected chi connectivity index (χ1v) is 7.96. The first-order chi connectivity index (χ1) is 10.0. The molecule has 0 aromatic heterocycles. The third-order valence-electron chi connectivity index (χ3n) is 5.35. The first kappa shape index (κ1) is 17.6. The number of halogens is 2. The van der Waals surface area contributed by atoms with Crippen molar-refractivity contribution in [1.82, 2.24) is 4.90 Å². The zero-order chi connectivity index (χ0) is 15.1. The Morgan fingerprint density at radius 3 is 2.73 bits per heavy atom. The number of fused-ring (bicyclic) bond motifs is 2. The summed E-state index contributed by atoms with van der Waals surface area (Å²) in [6.45, 7) is 2.02. The van der Waals surface area contributed by atoms with Gasteiger partial charge in [-0.1, -0.05) is 23.7 Å². The van der Waals surface area contributed by atoms with Crippen molar-refractivity contribution < 1.29 is 9.53 Å². The van der Waals surface area contributed by atoms with E-state index in [1.165, 1.54) is 19.1 Å². The van der Waals surface area contributed by atoms with Crippen LogP contribution in [0.5, 0.6) is 0 Å². The zero-order valence-electron chi connectivity index (χ0n) is 13.2. The predicted octanol–water partition coefficient (Wildman–Crippen LogP) is 3.81. The van der Waals surface area contributed by atoms with Gasteiger partial charge in [-0.15, -0.1) is 12.4 Å². The number of aryl methyl sites for hydroxylation is 1. The number of methoxy groups -OCH3 is 1. The Morgan fingerprint density at radius 1 is 1.36 bits per heavy atom. The molecule has 2 fully saturated rings. The molecule has 2 heterocycles. The van der Waals surface area contributed by atoms with Crippen molar-refractivity contribution in [3.05, 3.63) is 34.3 Å². The summed E-state index contributed by atoms with van der Waals surface area (Å²) in [5, 5.41) is 0.782. The number of hydrogen-bond acceptors (Lipinski definition) is 3. The van der Waals surface area contributed by atoms with E-state index in [1.54, 1.807) is 0 Å². The molecule has 122 valence electrons. The molecular formula is C17H23Cl2NO2. The Hall–Kier alpha value is -0.770. The van der Waals surface area contributed by atoms with E-state index in [4.69, 9.17) is 16.3 Å². The number of nitrogens with zero attached hydrogens (tertiary/aromatic N) is 1. The maximum atomic E-state index is 12.4. The topological polar surface area (TPSA) is 29.5 Å². The third kappa shape index (κ3) is 2.86. The third-order valence-corrected chi connectivity index (χ3v) is 5.78. The maximum Gasteiger partial charge on any atom is 0.310 e. The van der Waals surface area contributed by atoms with Gasteiger partial charge in [-0.25, -0.2) is 0 Å². The van der Waals surface area contributed by atoms with Crippen molar-refractivity contribution in [2.45, 2.75) is 44.2 Å². The quantitative estimate of drug-likeness (QED) is 0.764. The van der Waals surface area contributed by atoms with Gasteiger partial charge < -0.3 is 4.74 Å². The van der Waals surface area contributed by atoms with E-state index in [0.29, 0.717) is 12.1 Å². The van der Waals surface area contributed by atoms with Crippen molar-refractivity contribution in [2.75, 3.05) is 14.2 Å². The zero-order valence-corrected chi connectivity index (χ0v) is 14.8. The predicted molar refractivity (Wildman–Crippen MR) is 90.9 cm³/mol. The minimum absolute atomic E-state index is 0. The highest BCUT2D eigenvalue weighted by Crippen LogP contribution is 2.46. The fourth-order valence-electron chi connectivity index (χ4n) is 4.17. The van der Waals surface area contributed by atoms with E-state index in [2.05, 4.69) is 24.1 Å². The SMILES string of the molecule is COC(=O)C1C(c2ccc(Cl)c(C)c2)CC2CCC1N2C.Cl. The highest BCUT2D eigenvalue weighted by Gasteiger charge is 2.49. The molecule has 22 heavy (non-hydrogen) atoms. The highest BCUT2D eigenvalue weighted by molar-refractivity contribution is 6.31. The van der Waals surface area contributed by atoms with E-state index in [9.17, 15) is 4.79 Å². The second-order valence-corrected chi connectivity index (χ2v) is 6.77. The number of carbonyl (C=O) groups excluding carboxylic acids is 1. The molecule has 1 aromatic rings. The number of carbonyl (C=O) groups is 1. The van der Waals surface area contributed by atoms with Crippen molar-refractivity contribution in [1.29, 1.82) is 0 Å². The van der Waals surface area contributed by atoms with Crippen molar-refractivity contribution in [3.63, 3.8) is 0 Å². The van der Waals surface area contributed by atoms with Gasteiger partial charge in [-0.3, -0.25) is 9.69 Å². The van der Waals surface area contributed by atoms with Gasteiger partial charge in [-0.05, 0) is 50.4 Å². The molecule has 2 aliphatic heterocycles. The number of piperidine rings is 1. The number of benzene rings is 1. The molecule has 0 saturated carbocycles. The van der Waals surface area contributed by atoms with Gasteiger partial charge in [0.2, 0.25) is 0 Å². The fourth-order valence-corrected chi connectivity index (χ4v) is 4.28. The molecule has 2 aliphatic rings. The summed E-state index contributed by atoms with van der Waals surface area (Å²) >= 11 is 6.14. The molecule has 5 heteroatoms. The minimum atomic E-state index is -0.0789. The molecule has 3 nitrogen and oxygen atoms in total. The van der Waals surface area contributed by atoms with Gasteiger partial charge in [0, 0.05) is 23.0 Å². The molecule has 4 unspecified atom stereocenters. The molecule has 0 spiro atoms. The summed E-state index contributed by atoms with van der Waals surface area (Å²) in [5.74, 6) is 0.0891. The van der Waals surface area contributed by atoms with Crippen LogP contribution in [0.1, 0.15) is 36.3 Å². The van der Waals surface area contributed by atoms with Crippen LogP contribution in [0.15, 0.2) is 18.2 Å². The summed E-state index contributed by atoms with van der Waals surface area (Å²) in [5.41, 5.74) is 2.29. The van der Waals surface area contributed by atoms with E-state index in [-0.39, 0.29) is 30.2 Å². The summed E-state index contributed by atoms with van der Waals surface area (Å²) in [6.07, 6.45) is 3.29. The summed E-state index contributed by atoms with van der Waals surface area (Å²) in [4.78, 5) is 14.7. The van der Waals surface area contributed by atoms with Crippen LogP contribution in [0.2, 0.25) is 5.02 Å². The van der Waals surface area contributed by atoms with Gasteiger partial charge in [0.25, 0.3) is 0 Å². The Balaban J connectivity index is 0.00000176. The largest absolute Gasteiger partial charge is 0.469 e. The van der Waals surface area contributed by atoms with E-state index in [0.717, 1.165) is 23.4 Å². The lowest BCUT2D eigenvalue weighted by Crippen LogP contribution is -2.49. The lowest BCUT2D eigenvalue weighted by Gasteiger charge is -2.41. The fraction of sp³-hybridized carbons (Fsp3) is 0.588. The van der Waals surface area contributed by atoms with Crippen LogP contribution >= 0.6 is 24.0 Å². The van der Waals surface area contributed by atoms with Crippen LogP contribution in [0.25, 0.3) is 0 Å². The van der Waals surface area contributed by atoms with Gasteiger partial charge in [-0.2, -0.15) is 0 Å². The molecule has 2 saturated heterocycles. The van der Waals surface area contributed by atoms with Crippen LogP contribution in [0.4, 0.5) is 0 Å². The van der Waals surface area contributed by atoms with Crippen LogP contribution in [0.3, 0.4) is 0 Å². The smallest absolute Gasteiger partial charge is 0.310 e. The van der Waals surface area contributed by atoms with Gasteiger partial charge in [0.1, 0.15) is 0 Å². The number of esters is 1. The maximum absolute atomic E-state index is 12.4. The second-order valence-electron chi connectivity index (χ2n) is 6.36. The molecule has 2 bridgehead atoms. The van der Waals surface area contributed by atoms with Gasteiger partial charge in [0.05, 0.1) is 13.0 Å². The molecule has 3 rings (SSSR count). The average Bonchev–Trinajstić information content (AvgIpc) is 2.72. The van der Waals surface area contributed by atoms with Gasteiger partial charge in [0.15, 0.2) is 0 Å². The Morgan fingerprint density at radius 2 is 2.09 bits per heavy atom. The molecule has 4 atom stereocenters. The lowest BCUT2D eigenvalue weighted by molar-refractivity contribution is -0.150. The normalized spacial score (nSPS) is 30.7. The van der Waals surface area contributed by atoms with E-state index in [1.807, 2.05) is 13.0 Å². The van der Waals surface area contributed by atoms with Crippen molar-refractivity contribution >= 4 is 30.0 Å². The Kier molecular flexibility index (Phi) is 5.41. The van der Waals surface area contributed by atoms with E-state index < -0.39 is 0 Å². The van der Waals surface area contributed by atoms with E-state index >= 15 is 0 Å². The first-order valence-electron chi connectivity index (χ1n) is 7.58. The number of ether oxygens (including phenoxy) is 1. The second kappa shape index (κ2) is 6.77. The molecule has 0 amide bonds. The lowest BCUT2D eigenvalue weighted by atomic mass is 9.76. The number of hydrogen-bond donors (Lipinski definition) is 0. The van der Waals surface area contributed by atoms with Crippen LogP contribution < -0.4 is 0 Å². The average molecular weight is 344 g/mol. The van der Waals surface area contributed by atoms with Gasteiger partial charge >= 0.3 is 5.97 Å². The highest BCUT2D eigenvalue weighted by atomic mass is 35.5. The van der Waals surface area contributed by atoms with Crippen LogP contribution in [0, 0.1) is 12.8 Å².